The van der Waals surface area contributed by atoms with Crippen molar-refractivity contribution < 1.29 is 0 Å². The van der Waals surface area contributed by atoms with E-state index in [4.69, 9.17) is 12.2 Å². The largest absolute Gasteiger partial charge is 0.356 e. The van der Waals surface area contributed by atoms with Crippen LogP contribution in [0.25, 0.3) is 10.9 Å². The van der Waals surface area contributed by atoms with E-state index in [1.165, 1.54) is 10.4 Å². The lowest BCUT2D eigenvalue weighted by atomic mass is 10.0. The van der Waals surface area contributed by atoms with Crippen molar-refractivity contribution in [3.05, 3.63) is 104 Å². The Bertz CT molecular complexity index is 1280. The van der Waals surface area contributed by atoms with E-state index in [0.29, 0.717) is 23.8 Å². The molecule has 164 valence electrons. The van der Waals surface area contributed by atoms with Gasteiger partial charge in [-0.25, -0.2) is 0 Å². The summed E-state index contributed by atoms with van der Waals surface area (Å²) in [6.45, 7) is 7.30. The standard InChI is InChI=1S/C26H27N3OS2/c1-17-12-18(2)23-14-21(25(30)28-24(23)13-17)15-29(16-22-10-7-11-32-22)26(31)27-19(3)20-8-5-4-6-9-20/h4-14,19H,15-16H2,1-3H3,(H,27,31)(H,28,30). The Kier molecular flexibility index (Phi) is 6.72. The van der Waals surface area contributed by atoms with Crippen LogP contribution in [0.2, 0.25) is 0 Å². The number of fused-ring (bicyclic) bond motifs is 1. The van der Waals surface area contributed by atoms with Crippen LogP contribution in [0.1, 0.15) is 40.1 Å². The molecule has 6 heteroatoms. The minimum Gasteiger partial charge on any atom is -0.356 e. The molecule has 0 aliphatic heterocycles. The Morgan fingerprint density at radius 2 is 1.88 bits per heavy atom. The van der Waals surface area contributed by atoms with Gasteiger partial charge in [0.15, 0.2) is 5.11 Å². The molecule has 0 spiro atoms. The Morgan fingerprint density at radius 3 is 2.59 bits per heavy atom. The van der Waals surface area contributed by atoms with Gasteiger partial charge in [0, 0.05) is 21.3 Å². The van der Waals surface area contributed by atoms with Gasteiger partial charge >= 0.3 is 0 Å². The molecule has 0 aliphatic rings. The second-order valence-electron chi connectivity index (χ2n) is 8.18. The first-order valence-electron chi connectivity index (χ1n) is 10.7. The first kappa shape index (κ1) is 22.2. The van der Waals surface area contributed by atoms with Gasteiger partial charge in [0.2, 0.25) is 0 Å². The number of thiocarbonyl (C=S) groups is 1. The maximum atomic E-state index is 12.9. The summed E-state index contributed by atoms with van der Waals surface area (Å²) in [5.74, 6) is 0. The minimum atomic E-state index is -0.0717. The molecule has 0 saturated heterocycles. The van der Waals surface area contributed by atoms with Gasteiger partial charge in [-0.15, -0.1) is 11.3 Å². The van der Waals surface area contributed by atoms with Crippen molar-refractivity contribution in [3.8, 4) is 0 Å². The molecule has 0 fully saturated rings. The maximum Gasteiger partial charge on any atom is 0.253 e. The van der Waals surface area contributed by atoms with Gasteiger partial charge in [0.25, 0.3) is 5.56 Å². The van der Waals surface area contributed by atoms with Crippen LogP contribution in [0.5, 0.6) is 0 Å². The normalized spacial score (nSPS) is 12.0. The average molecular weight is 462 g/mol. The molecule has 4 rings (SSSR count). The highest BCUT2D eigenvalue weighted by Gasteiger charge is 2.17. The molecule has 0 aliphatic carbocycles. The van der Waals surface area contributed by atoms with Gasteiger partial charge in [-0.2, -0.15) is 0 Å². The van der Waals surface area contributed by atoms with Crippen LogP contribution >= 0.6 is 23.6 Å². The third-order valence-electron chi connectivity index (χ3n) is 5.60. The Balaban J connectivity index is 1.63. The molecule has 0 bridgehead atoms. The molecule has 4 aromatic rings. The Morgan fingerprint density at radius 1 is 1.09 bits per heavy atom. The second kappa shape index (κ2) is 9.67. The molecule has 2 aromatic carbocycles. The molecular weight excluding hydrogens is 434 g/mol. The molecule has 2 N–H and O–H groups in total. The van der Waals surface area contributed by atoms with Crippen molar-refractivity contribution in [2.45, 2.75) is 39.9 Å². The molecule has 2 aromatic heterocycles. The van der Waals surface area contributed by atoms with Gasteiger partial charge in [-0.1, -0.05) is 42.5 Å². The lowest BCUT2D eigenvalue weighted by Crippen LogP contribution is -2.40. The third kappa shape index (κ3) is 5.09. The molecule has 0 saturated carbocycles. The summed E-state index contributed by atoms with van der Waals surface area (Å²) >= 11 is 7.50. The van der Waals surface area contributed by atoms with Gasteiger partial charge in [0.05, 0.1) is 19.1 Å². The minimum absolute atomic E-state index is 0.0645. The lowest BCUT2D eigenvalue weighted by Gasteiger charge is -2.28. The van der Waals surface area contributed by atoms with Gasteiger partial charge in [-0.05, 0) is 73.3 Å². The number of aromatic nitrogens is 1. The fourth-order valence-electron chi connectivity index (χ4n) is 3.93. The van der Waals surface area contributed by atoms with Crippen LogP contribution in [0.3, 0.4) is 0 Å². The molecule has 1 atom stereocenters. The number of aromatic amines is 1. The summed E-state index contributed by atoms with van der Waals surface area (Å²) in [7, 11) is 0. The van der Waals surface area contributed by atoms with Crippen molar-refractivity contribution in [3.63, 3.8) is 0 Å². The molecule has 32 heavy (non-hydrogen) atoms. The zero-order valence-corrected chi connectivity index (χ0v) is 20.1. The Hall–Kier alpha value is -2.96. The van der Waals surface area contributed by atoms with Crippen molar-refractivity contribution in [2.75, 3.05) is 0 Å². The first-order chi connectivity index (χ1) is 15.4. The summed E-state index contributed by atoms with van der Waals surface area (Å²) in [6.07, 6.45) is 0. The van der Waals surface area contributed by atoms with Gasteiger partial charge < -0.3 is 15.2 Å². The smallest absolute Gasteiger partial charge is 0.253 e. The lowest BCUT2D eigenvalue weighted by molar-refractivity contribution is 0.395. The number of benzene rings is 2. The number of pyridine rings is 1. The van der Waals surface area contributed by atoms with Gasteiger partial charge in [-0.3, -0.25) is 4.79 Å². The summed E-state index contributed by atoms with van der Waals surface area (Å²) in [5, 5.41) is 7.22. The summed E-state index contributed by atoms with van der Waals surface area (Å²) < 4.78 is 0. The Labute approximate surface area is 197 Å². The van der Waals surface area contributed by atoms with Crippen LogP contribution < -0.4 is 10.9 Å². The number of H-pyrrole nitrogens is 1. The van der Waals surface area contributed by atoms with Crippen LogP contribution in [0.4, 0.5) is 0 Å². The van der Waals surface area contributed by atoms with Crippen LogP contribution in [0.15, 0.2) is 70.8 Å². The predicted molar refractivity (Wildman–Crippen MR) is 138 cm³/mol. The predicted octanol–water partition coefficient (Wildman–Crippen LogP) is 5.84. The van der Waals surface area contributed by atoms with E-state index in [1.807, 2.05) is 43.3 Å². The highest BCUT2D eigenvalue weighted by atomic mass is 32.1. The average Bonchev–Trinajstić information content (AvgIpc) is 3.27. The fourth-order valence-corrected chi connectivity index (χ4v) is 4.96. The van der Waals surface area contributed by atoms with E-state index in [0.717, 1.165) is 22.0 Å². The quantitative estimate of drug-likeness (QED) is 0.354. The zero-order chi connectivity index (χ0) is 22.7. The van der Waals surface area contributed by atoms with Crippen LogP contribution in [0, 0.1) is 13.8 Å². The van der Waals surface area contributed by atoms with E-state index >= 15 is 0 Å². The van der Waals surface area contributed by atoms with E-state index in [9.17, 15) is 4.79 Å². The third-order valence-corrected chi connectivity index (χ3v) is 6.84. The number of rotatable bonds is 6. The number of nitrogens with zero attached hydrogens (tertiary/aromatic N) is 1. The maximum absolute atomic E-state index is 12.9. The number of hydrogen-bond donors (Lipinski definition) is 2. The number of aryl methyl sites for hydroxylation is 2. The summed E-state index contributed by atoms with van der Waals surface area (Å²) in [5.41, 5.74) is 4.97. The van der Waals surface area contributed by atoms with Crippen LogP contribution in [-0.4, -0.2) is 15.0 Å². The second-order valence-corrected chi connectivity index (χ2v) is 9.60. The SMILES string of the molecule is Cc1cc(C)c2cc(CN(Cc3cccs3)C(=S)NC(C)c3ccccc3)c(=O)[nH]c2c1. The van der Waals surface area contributed by atoms with E-state index in [-0.39, 0.29) is 11.6 Å². The number of hydrogen-bond acceptors (Lipinski definition) is 3. The summed E-state index contributed by atoms with van der Waals surface area (Å²) in [6, 6.07) is 20.6. The number of thiophene rings is 1. The molecule has 0 amide bonds. The summed E-state index contributed by atoms with van der Waals surface area (Å²) in [4.78, 5) is 19.3. The van der Waals surface area contributed by atoms with E-state index in [2.05, 4.69) is 58.7 Å². The van der Waals surface area contributed by atoms with Crippen molar-refractivity contribution in [2.24, 2.45) is 0 Å². The van der Waals surface area contributed by atoms with Crippen LogP contribution in [-0.2, 0) is 13.1 Å². The molecule has 1 unspecified atom stereocenters. The van der Waals surface area contributed by atoms with E-state index in [1.54, 1.807) is 11.3 Å². The highest BCUT2D eigenvalue weighted by molar-refractivity contribution is 7.80. The zero-order valence-electron chi connectivity index (χ0n) is 18.5. The molecule has 4 nitrogen and oxygen atoms in total. The van der Waals surface area contributed by atoms with Crippen molar-refractivity contribution in [1.29, 1.82) is 0 Å². The van der Waals surface area contributed by atoms with E-state index < -0.39 is 0 Å². The number of nitrogens with one attached hydrogen (secondary N) is 2. The van der Waals surface area contributed by atoms with Gasteiger partial charge in [0.1, 0.15) is 0 Å². The topological polar surface area (TPSA) is 48.1 Å². The molecule has 2 heterocycles. The first-order valence-corrected chi connectivity index (χ1v) is 12.0. The fraction of sp³-hybridized carbons (Fsp3) is 0.231. The van der Waals surface area contributed by atoms with Crippen molar-refractivity contribution in [1.82, 2.24) is 15.2 Å². The molecule has 0 radical (unpaired) electrons. The highest BCUT2D eigenvalue weighted by Crippen LogP contribution is 2.21. The monoisotopic (exact) mass is 461 g/mol. The molecular formula is C26H27N3OS2. The van der Waals surface area contributed by atoms with Crippen molar-refractivity contribution >= 4 is 39.6 Å².